The molecule has 94 valence electrons. The van der Waals surface area contributed by atoms with E-state index in [1.165, 1.54) is 32.2 Å². The van der Waals surface area contributed by atoms with Crippen molar-refractivity contribution in [1.82, 2.24) is 10.2 Å². The number of rotatable bonds is 1. The predicted molar refractivity (Wildman–Crippen MR) is 68.1 cm³/mol. The van der Waals surface area contributed by atoms with Gasteiger partial charge < -0.3 is 5.73 Å². The lowest BCUT2D eigenvalue weighted by Gasteiger charge is -2.47. The summed E-state index contributed by atoms with van der Waals surface area (Å²) < 4.78 is 0. The summed E-state index contributed by atoms with van der Waals surface area (Å²) in [5.41, 5.74) is 6.46. The number of likely N-dealkylation sites (tertiary alicyclic amines) is 1. The van der Waals surface area contributed by atoms with Gasteiger partial charge in [-0.15, -0.1) is 0 Å². The minimum absolute atomic E-state index is 0.372. The molecule has 0 spiro atoms. The number of fused-ring (bicyclic) bond motifs is 1. The van der Waals surface area contributed by atoms with Crippen molar-refractivity contribution < 1.29 is 0 Å². The zero-order valence-corrected chi connectivity index (χ0v) is 10.9. The molecule has 2 heterocycles. The highest BCUT2D eigenvalue weighted by molar-refractivity contribution is 4.97. The van der Waals surface area contributed by atoms with Gasteiger partial charge in [-0.2, -0.15) is 0 Å². The number of hydrogen-bond donors (Lipinski definition) is 2. The highest BCUT2D eigenvalue weighted by Gasteiger charge is 2.41. The third-order valence-corrected chi connectivity index (χ3v) is 4.74. The van der Waals surface area contributed by atoms with Crippen molar-refractivity contribution in [1.29, 1.82) is 0 Å². The van der Waals surface area contributed by atoms with E-state index in [2.05, 4.69) is 31.1 Å². The largest absolute Gasteiger partial charge is 0.327 e. The van der Waals surface area contributed by atoms with E-state index in [1.807, 2.05) is 0 Å². The zero-order chi connectivity index (χ0) is 11.7. The van der Waals surface area contributed by atoms with Crippen LogP contribution >= 0.6 is 0 Å². The van der Waals surface area contributed by atoms with Crippen LogP contribution in [0.15, 0.2) is 0 Å². The summed E-state index contributed by atoms with van der Waals surface area (Å²) in [6.45, 7) is 5.79. The van der Waals surface area contributed by atoms with Gasteiger partial charge in [-0.3, -0.25) is 10.2 Å². The zero-order valence-electron chi connectivity index (χ0n) is 10.9. The van der Waals surface area contributed by atoms with Crippen molar-refractivity contribution in [2.45, 2.75) is 57.8 Å². The molecule has 5 atom stereocenters. The number of nitrogens with one attached hydrogen (secondary N) is 1. The molecule has 0 saturated carbocycles. The first-order valence-electron chi connectivity index (χ1n) is 6.87. The van der Waals surface area contributed by atoms with Crippen molar-refractivity contribution in [3.63, 3.8) is 0 Å². The lowest BCUT2D eigenvalue weighted by Crippen LogP contribution is -2.65. The first-order chi connectivity index (χ1) is 7.65. The van der Waals surface area contributed by atoms with Gasteiger partial charge in [0.05, 0.1) is 6.17 Å². The number of nitrogens with two attached hydrogens (primary N) is 1. The summed E-state index contributed by atoms with van der Waals surface area (Å²) in [5, 5.41) is 3.82. The van der Waals surface area contributed by atoms with E-state index in [0.717, 1.165) is 0 Å². The van der Waals surface area contributed by atoms with Gasteiger partial charge in [-0.05, 0) is 38.8 Å². The first kappa shape index (κ1) is 12.3. The van der Waals surface area contributed by atoms with Gasteiger partial charge in [0, 0.05) is 18.0 Å². The van der Waals surface area contributed by atoms with Crippen LogP contribution < -0.4 is 11.1 Å². The molecule has 3 heteroatoms. The molecule has 0 bridgehead atoms. The van der Waals surface area contributed by atoms with Crippen molar-refractivity contribution in [3.05, 3.63) is 0 Å². The molecule has 2 rings (SSSR count). The van der Waals surface area contributed by atoms with Gasteiger partial charge in [0.1, 0.15) is 0 Å². The fourth-order valence-electron chi connectivity index (χ4n) is 3.54. The Morgan fingerprint density at radius 2 is 2.12 bits per heavy atom. The van der Waals surface area contributed by atoms with E-state index in [1.54, 1.807) is 0 Å². The van der Waals surface area contributed by atoms with Crippen LogP contribution in [0.25, 0.3) is 0 Å². The maximum atomic E-state index is 6.46. The quantitative estimate of drug-likeness (QED) is 0.708. The van der Waals surface area contributed by atoms with Crippen molar-refractivity contribution >= 4 is 0 Å². The second-order valence-corrected chi connectivity index (χ2v) is 5.70. The smallest absolute Gasteiger partial charge is 0.0640 e. The van der Waals surface area contributed by atoms with Crippen molar-refractivity contribution in [2.75, 3.05) is 13.6 Å². The van der Waals surface area contributed by atoms with E-state index in [0.29, 0.717) is 30.1 Å². The van der Waals surface area contributed by atoms with Crippen LogP contribution in [0.3, 0.4) is 0 Å². The molecule has 3 nitrogen and oxygen atoms in total. The second-order valence-electron chi connectivity index (χ2n) is 5.70. The summed E-state index contributed by atoms with van der Waals surface area (Å²) in [6, 6.07) is 0.966. The maximum absolute atomic E-state index is 6.46. The van der Waals surface area contributed by atoms with Gasteiger partial charge in [0.25, 0.3) is 0 Å². The minimum Gasteiger partial charge on any atom is -0.327 e. The molecule has 2 fully saturated rings. The molecule has 0 aromatic rings. The van der Waals surface area contributed by atoms with Crippen molar-refractivity contribution in [3.8, 4) is 0 Å². The van der Waals surface area contributed by atoms with Crippen LogP contribution in [0.2, 0.25) is 0 Å². The Kier molecular flexibility index (Phi) is 3.88. The average Bonchev–Trinajstić information content (AvgIpc) is 2.46. The Hall–Kier alpha value is -0.120. The van der Waals surface area contributed by atoms with Gasteiger partial charge in [0.15, 0.2) is 0 Å². The average molecular weight is 225 g/mol. The Labute approximate surface area is 99.8 Å². The molecular weight excluding hydrogens is 198 g/mol. The summed E-state index contributed by atoms with van der Waals surface area (Å²) in [6.07, 6.45) is 5.65. The highest BCUT2D eigenvalue weighted by Crippen LogP contribution is 2.32. The molecule has 0 amide bonds. The molecule has 3 N–H and O–H groups in total. The lowest BCUT2D eigenvalue weighted by molar-refractivity contribution is 0.0501. The minimum atomic E-state index is 0.372. The van der Waals surface area contributed by atoms with E-state index in [9.17, 15) is 0 Å². The molecule has 16 heavy (non-hydrogen) atoms. The molecule has 2 aliphatic heterocycles. The summed E-state index contributed by atoms with van der Waals surface area (Å²) in [7, 11) is 2.24. The van der Waals surface area contributed by atoms with Crippen LogP contribution in [0.1, 0.15) is 39.5 Å². The van der Waals surface area contributed by atoms with Crippen LogP contribution in [0, 0.1) is 11.8 Å². The highest BCUT2D eigenvalue weighted by atomic mass is 15.3. The van der Waals surface area contributed by atoms with E-state index >= 15 is 0 Å². The fraction of sp³-hybridized carbons (Fsp3) is 1.00. The van der Waals surface area contributed by atoms with Crippen LogP contribution in [-0.4, -0.2) is 36.7 Å². The van der Waals surface area contributed by atoms with Crippen LogP contribution in [0.5, 0.6) is 0 Å². The molecule has 0 radical (unpaired) electrons. The Morgan fingerprint density at radius 3 is 2.81 bits per heavy atom. The second kappa shape index (κ2) is 5.03. The molecule has 0 aromatic carbocycles. The maximum Gasteiger partial charge on any atom is 0.0640 e. The molecule has 5 unspecified atom stereocenters. The number of piperidine rings is 1. The van der Waals surface area contributed by atoms with Crippen LogP contribution in [0.4, 0.5) is 0 Å². The molecule has 2 aliphatic rings. The number of hydrogen-bond acceptors (Lipinski definition) is 3. The molecule has 0 aromatic heterocycles. The summed E-state index contributed by atoms with van der Waals surface area (Å²) >= 11 is 0. The van der Waals surface area contributed by atoms with Crippen LogP contribution in [-0.2, 0) is 0 Å². The van der Waals surface area contributed by atoms with E-state index < -0.39 is 0 Å². The van der Waals surface area contributed by atoms with Gasteiger partial charge >= 0.3 is 0 Å². The van der Waals surface area contributed by atoms with E-state index in [-0.39, 0.29) is 0 Å². The van der Waals surface area contributed by atoms with Gasteiger partial charge in [-0.25, -0.2) is 0 Å². The SMILES string of the molecule is CCC1NC2C(CCCCN2C)C(N)C1C. The third-order valence-electron chi connectivity index (χ3n) is 4.74. The normalized spacial score (nSPS) is 46.1. The topological polar surface area (TPSA) is 41.3 Å². The van der Waals surface area contributed by atoms with E-state index in [4.69, 9.17) is 5.73 Å². The van der Waals surface area contributed by atoms with Gasteiger partial charge in [-0.1, -0.05) is 20.3 Å². The molecule has 0 aliphatic carbocycles. The molecule has 2 saturated heterocycles. The molecular formula is C13H27N3. The van der Waals surface area contributed by atoms with Gasteiger partial charge in [0.2, 0.25) is 0 Å². The van der Waals surface area contributed by atoms with Crippen molar-refractivity contribution in [2.24, 2.45) is 17.6 Å². The standard InChI is InChI=1S/C13H27N3/c1-4-11-9(2)12(14)10-7-5-6-8-16(3)13(10)15-11/h9-13,15H,4-8,14H2,1-3H3. The Balaban J connectivity index is 2.15. The lowest BCUT2D eigenvalue weighted by atomic mass is 9.76. The monoisotopic (exact) mass is 225 g/mol. The summed E-state index contributed by atoms with van der Waals surface area (Å²) in [4.78, 5) is 2.48. The number of nitrogens with zero attached hydrogens (tertiary/aromatic N) is 1. The Morgan fingerprint density at radius 1 is 1.38 bits per heavy atom. The predicted octanol–water partition coefficient (Wildman–Crippen LogP) is 1.39. The first-order valence-corrected chi connectivity index (χ1v) is 6.87. The fourth-order valence-corrected chi connectivity index (χ4v) is 3.54. The summed E-state index contributed by atoms with van der Waals surface area (Å²) in [5.74, 6) is 1.25. The third kappa shape index (κ3) is 2.13. The Bertz CT molecular complexity index is 231.